The average Bonchev–Trinajstić information content (AvgIpc) is 3.06. The van der Waals surface area contributed by atoms with Crippen LogP contribution in [0.5, 0.6) is 0 Å². The summed E-state index contributed by atoms with van der Waals surface area (Å²) in [4.78, 5) is 11.4. The molecule has 0 saturated heterocycles. The number of carboxylic acids is 1. The van der Waals surface area contributed by atoms with Crippen LogP contribution in [0.1, 0.15) is 36.6 Å². The second-order valence-electron chi connectivity index (χ2n) is 7.42. The Morgan fingerprint density at radius 1 is 1.13 bits per heavy atom. The molecule has 154 valence electrons. The van der Waals surface area contributed by atoms with E-state index in [-0.39, 0.29) is 46.9 Å². The van der Waals surface area contributed by atoms with E-state index in [1.807, 2.05) is 24.3 Å². The van der Waals surface area contributed by atoms with Gasteiger partial charge in [0.15, 0.2) is 0 Å². The van der Waals surface area contributed by atoms with E-state index in [0.717, 1.165) is 41.4 Å². The Morgan fingerprint density at radius 3 is 2.50 bits per heavy atom. The number of sulfonamides is 1. The maximum atomic E-state index is 13.2. The van der Waals surface area contributed by atoms with Gasteiger partial charge in [0.2, 0.25) is 10.0 Å². The summed E-state index contributed by atoms with van der Waals surface area (Å²) >= 11 is 0. The van der Waals surface area contributed by atoms with E-state index in [1.54, 1.807) is 37.4 Å². The van der Waals surface area contributed by atoms with Crippen LogP contribution in [0, 0.1) is 0 Å². The number of benzene rings is 2. The summed E-state index contributed by atoms with van der Waals surface area (Å²) in [6, 6.07) is 16.1. The van der Waals surface area contributed by atoms with Crippen molar-refractivity contribution in [1.29, 1.82) is 0 Å². The van der Waals surface area contributed by atoms with Gasteiger partial charge in [0.1, 0.15) is 0 Å². The maximum absolute atomic E-state index is 13.2. The molecule has 8 heteroatoms. The Kier molecular flexibility index (Phi) is 7.09. The summed E-state index contributed by atoms with van der Waals surface area (Å²) in [5.41, 5.74) is 3.04. The fourth-order valence-corrected chi connectivity index (χ4v) is 5.76. The van der Waals surface area contributed by atoms with Crippen molar-refractivity contribution in [2.45, 2.75) is 43.2 Å². The molecule has 0 aliphatic heterocycles. The zero-order chi connectivity index (χ0) is 20.6. The first-order valence-corrected chi connectivity index (χ1v) is 11.2. The van der Waals surface area contributed by atoms with E-state index in [2.05, 4.69) is 4.57 Å². The van der Waals surface area contributed by atoms with Crippen molar-refractivity contribution < 1.29 is 18.3 Å². The van der Waals surface area contributed by atoms with Gasteiger partial charge >= 0.3 is 35.5 Å². The fourth-order valence-electron chi connectivity index (χ4n) is 4.38. The molecule has 6 nitrogen and oxygen atoms in total. The molecule has 0 fully saturated rings. The monoisotopic (exact) mass is 436 g/mol. The summed E-state index contributed by atoms with van der Waals surface area (Å²) in [6.45, 7) is 0.382. The van der Waals surface area contributed by atoms with Gasteiger partial charge in [-0.25, -0.2) is 8.42 Å². The number of hydrogen-bond donors (Lipinski definition) is 1. The summed E-state index contributed by atoms with van der Waals surface area (Å²) < 4.78 is 30.0. The van der Waals surface area contributed by atoms with E-state index in [1.165, 1.54) is 4.31 Å². The predicted octanol–water partition coefficient (Wildman–Crippen LogP) is 3.17. The normalized spacial score (nSPS) is 16.3. The van der Waals surface area contributed by atoms with E-state index in [9.17, 15) is 13.2 Å². The van der Waals surface area contributed by atoms with Crippen molar-refractivity contribution in [3.05, 3.63) is 65.9 Å². The minimum atomic E-state index is -3.64. The Morgan fingerprint density at radius 2 is 1.80 bits per heavy atom. The van der Waals surface area contributed by atoms with Crippen LogP contribution in [-0.4, -0.2) is 65.0 Å². The molecule has 3 aromatic rings. The number of aromatic nitrogens is 1. The van der Waals surface area contributed by atoms with Crippen LogP contribution in [0.3, 0.4) is 0 Å². The number of carboxylic acid groups (broad SMARTS) is 1. The topological polar surface area (TPSA) is 79.6 Å². The molecule has 1 aliphatic carbocycles. The van der Waals surface area contributed by atoms with Crippen LogP contribution < -0.4 is 0 Å². The van der Waals surface area contributed by atoms with Gasteiger partial charge in [0.25, 0.3) is 0 Å². The molecule has 30 heavy (non-hydrogen) atoms. The van der Waals surface area contributed by atoms with Gasteiger partial charge in [0.05, 0.1) is 17.4 Å². The average molecular weight is 437 g/mol. The Labute approximate surface area is 198 Å². The van der Waals surface area contributed by atoms with Gasteiger partial charge in [-0.05, 0) is 43.0 Å². The van der Waals surface area contributed by atoms with E-state index in [4.69, 9.17) is 5.11 Å². The summed E-state index contributed by atoms with van der Waals surface area (Å²) in [6.07, 6.45) is 2.45. The van der Waals surface area contributed by atoms with Gasteiger partial charge in [-0.1, -0.05) is 36.4 Å². The number of aryl methyl sites for hydroxylation is 1. The molecule has 1 heterocycles. The molecule has 1 aromatic heterocycles. The number of fused-ring (bicyclic) bond motifs is 3. The molecule has 0 radical (unpaired) electrons. The zero-order valence-corrected chi connectivity index (χ0v) is 17.1. The van der Waals surface area contributed by atoms with Crippen LogP contribution >= 0.6 is 0 Å². The van der Waals surface area contributed by atoms with E-state index in [0.29, 0.717) is 6.54 Å². The third kappa shape index (κ3) is 4.09. The van der Waals surface area contributed by atoms with Crippen molar-refractivity contribution >= 4 is 56.5 Å². The van der Waals surface area contributed by atoms with Gasteiger partial charge in [-0.15, -0.1) is 0 Å². The van der Waals surface area contributed by atoms with Gasteiger partial charge in [-0.2, -0.15) is 4.31 Å². The molecule has 2 aromatic carbocycles. The number of carbonyl (C=O) groups is 1. The number of aliphatic carboxylic acids is 1. The number of hydrogen-bond acceptors (Lipinski definition) is 3. The van der Waals surface area contributed by atoms with Crippen LogP contribution in [0.25, 0.3) is 10.9 Å². The molecule has 4 rings (SSSR count). The Hall–Kier alpha value is -1.64. The van der Waals surface area contributed by atoms with Crippen molar-refractivity contribution in [1.82, 2.24) is 8.87 Å². The van der Waals surface area contributed by atoms with Crippen LogP contribution in [0.15, 0.2) is 59.5 Å². The SMILES string of the molecule is CN(C1CCCc2c1c1ccccc1n2CCC(=O)O)S(=O)(=O)c1ccccc1.[NaH]. The first kappa shape index (κ1) is 23.0. The second-order valence-corrected chi connectivity index (χ2v) is 9.41. The minimum absolute atomic E-state index is 0. The van der Waals surface area contributed by atoms with Crippen LogP contribution in [0.2, 0.25) is 0 Å². The molecule has 1 aliphatic rings. The standard InChI is InChI=1S/C22H24N2O4S.Na.H/c1-23(29(27,28)16-8-3-2-4-9-16)19-12-7-13-20-22(19)17-10-5-6-11-18(17)24(20)15-14-21(25)26;;/h2-6,8-11,19H,7,12-15H2,1H3,(H,25,26);;. The predicted molar refractivity (Wildman–Crippen MR) is 118 cm³/mol. The molecule has 0 amide bonds. The first-order chi connectivity index (χ1) is 13.9. The van der Waals surface area contributed by atoms with Crippen molar-refractivity contribution in [2.24, 2.45) is 0 Å². The molecular formula is C22H25N2NaO4S. The van der Waals surface area contributed by atoms with Crippen molar-refractivity contribution in [3.63, 3.8) is 0 Å². The fraction of sp³-hybridized carbons (Fsp3) is 0.318. The second kappa shape index (κ2) is 9.24. The number of nitrogens with zero attached hydrogens (tertiary/aromatic N) is 2. The van der Waals surface area contributed by atoms with E-state index < -0.39 is 16.0 Å². The molecule has 1 N–H and O–H groups in total. The van der Waals surface area contributed by atoms with E-state index >= 15 is 0 Å². The first-order valence-electron chi connectivity index (χ1n) is 9.76. The zero-order valence-electron chi connectivity index (χ0n) is 16.3. The van der Waals surface area contributed by atoms with Gasteiger partial charge < -0.3 is 9.67 Å². The van der Waals surface area contributed by atoms with Crippen molar-refractivity contribution in [2.75, 3.05) is 7.05 Å². The molecular weight excluding hydrogens is 411 g/mol. The Balaban J connectivity index is 0.00000256. The summed E-state index contributed by atoms with van der Waals surface area (Å²) in [7, 11) is -1.99. The van der Waals surface area contributed by atoms with Crippen LogP contribution in [0.4, 0.5) is 0 Å². The number of para-hydroxylation sites is 1. The summed E-state index contributed by atoms with van der Waals surface area (Å²) in [5, 5.41) is 10.2. The molecule has 1 unspecified atom stereocenters. The quantitative estimate of drug-likeness (QED) is 0.602. The number of rotatable bonds is 6. The van der Waals surface area contributed by atoms with Gasteiger partial charge in [0, 0.05) is 30.2 Å². The molecule has 1 atom stereocenters. The third-order valence-electron chi connectivity index (χ3n) is 5.75. The Bertz CT molecular complexity index is 1160. The molecule has 0 saturated carbocycles. The third-order valence-corrected chi connectivity index (χ3v) is 7.64. The van der Waals surface area contributed by atoms with Crippen molar-refractivity contribution in [3.8, 4) is 0 Å². The molecule has 0 spiro atoms. The van der Waals surface area contributed by atoms with Gasteiger partial charge in [-0.3, -0.25) is 4.79 Å². The summed E-state index contributed by atoms with van der Waals surface area (Å²) in [5.74, 6) is -0.840. The van der Waals surface area contributed by atoms with Crippen LogP contribution in [-0.2, 0) is 27.8 Å². The molecule has 0 bridgehead atoms.